The Morgan fingerprint density at radius 3 is 2.14 bits per heavy atom. The highest BCUT2D eigenvalue weighted by Gasteiger charge is 2.35. The average Bonchev–Trinajstić information content (AvgIpc) is 3.03. The Bertz CT molecular complexity index is 1680. The van der Waals surface area contributed by atoms with Crippen LogP contribution in [0.15, 0.2) is 108 Å². The van der Waals surface area contributed by atoms with Gasteiger partial charge in [0.25, 0.3) is 10.0 Å². The summed E-state index contributed by atoms with van der Waals surface area (Å²) in [5.41, 5.74) is 3.53. The number of aryl methyl sites for hydroxylation is 1. The first kappa shape index (κ1) is 32.8. The maximum absolute atomic E-state index is 14.5. The average molecular weight is 632 g/mol. The van der Waals surface area contributed by atoms with Crippen molar-refractivity contribution >= 4 is 39.1 Å². The van der Waals surface area contributed by atoms with Gasteiger partial charge in [0.2, 0.25) is 11.8 Å². The molecule has 0 radical (unpaired) electrons. The van der Waals surface area contributed by atoms with E-state index in [-0.39, 0.29) is 23.8 Å². The maximum atomic E-state index is 14.5. The molecule has 9 heteroatoms. The second-order valence-corrected chi connectivity index (χ2v) is 12.9. The van der Waals surface area contributed by atoms with E-state index in [4.69, 9.17) is 11.6 Å². The van der Waals surface area contributed by atoms with Gasteiger partial charge in [-0.15, -0.1) is 0 Å². The maximum Gasteiger partial charge on any atom is 0.264 e. The highest BCUT2D eigenvalue weighted by Crippen LogP contribution is 2.29. The van der Waals surface area contributed by atoms with Gasteiger partial charge in [-0.1, -0.05) is 97.4 Å². The molecule has 0 saturated carbocycles. The van der Waals surface area contributed by atoms with Gasteiger partial charge in [0.1, 0.15) is 12.6 Å². The van der Waals surface area contributed by atoms with E-state index in [0.29, 0.717) is 22.8 Å². The number of amides is 2. The SMILES string of the molecule is CCCNC(=O)[C@H](Cc1ccccc1)N(Cc1ccccc1Cl)C(=O)CN(c1cccc(C)c1C)S(=O)(=O)c1ccccc1. The van der Waals surface area contributed by atoms with Crippen LogP contribution in [0.25, 0.3) is 0 Å². The summed E-state index contributed by atoms with van der Waals surface area (Å²) in [7, 11) is -4.16. The number of carbonyl (C=O) groups is 2. The molecule has 0 spiro atoms. The summed E-state index contributed by atoms with van der Waals surface area (Å²) < 4.78 is 29.5. The first-order chi connectivity index (χ1) is 21.1. The fraction of sp³-hybridized carbons (Fsp3) is 0.257. The van der Waals surface area contributed by atoms with Crippen molar-refractivity contribution in [2.75, 3.05) is 17.4 Å². The van der Waals surface area contributed by atoms with E-state index in [1.165, 1.54) is 17.0 Å². The number of benzene rings is 4. The zero-order valence-corrected chi connectivity index (χ0v) is 26.8. The van der Waals surface area contributed by atoms with Gasteiger partial charge in [0, 0.05) is 24.5 Å². The fourth-order valence-corrected chi connectivity index (χ4v) is 6.66. The van der Waals surface area contributed by atoms with E-state index in [9.17, 15) is 18.0 Å². The lowest BCUT2D eigenvalue weighted by Gasteiger charge is -2.34. The molecule has 0 unspecified atom stereocenters. The molecule has 0 heterocycles. The molecule has 0 bridgehead atoms. The summed E-state index contributed by atoms with van der Waals surface area (Å²) in [5, 5.41) is 3.39. The predicted octanol–water partition coefficient (Wildman–Crippen LogP) is 6.32. The van der Waals surface area contributed by atoms with Crippen LogP contribution >= 0.6 is 11.6 Å². The van der Waals surface area contributed by atoms with Crippen LogP contribution in [0.2, 0.25) is 5.02 Å². The highest BCUT2D eigenvalue weighted by molar-refractivity contribution is 7.92. The third-order valence-electron chi connectivity index (χ3n) is 7.57. The van der Waals surface area contributed by atoms with Crippen molar-refractivity contribution in [3.8, 4) is 0 Å². The minimum absolute atomic E-state index is 0.0155. The topological polar surface area (TPSA) is 86.8 Å². The third-order valence-corrected chi connectivity index (χ3v) is 9.72. The van der Waals surface area contributed by atoms with Crippen molar-refractivity contribution in [2.24, 2.45) is 0 Å². The molecule has 0 aliphatic rings. The Labute approximate surface area is 265 Å². The Hall–Kier alpha value is -4.14. The fourth-order valence-electron chi connectivity index (χ4n) is 4.97. The minimum atomic E-state index is -4.16. The van der Waals surface area contributed by atoms with Crippen LogP contribution in [-0.2, 0) is 32.6 Å². The summed E-state index contributed by atoms with van der Waals surface area (Å²) in [6.07, 6.45) is 0.958. The first-order valence-corrected chi connectivity index (χ1v) is 16.4. The smallest absolute Gasteiger partial charge is 0.264 e. The molecule has 2 amide bonds. The molecule has 0 aromatic heterocycles. The molecule has 1 atom stereocenters. The van der Waals surface area contributed by atoms with E-state index in [2.05, 4.69) is 5.32 Å². The van der Waals surface area contributed by atoms with Gasteiger partial charge in [0.15, 0.2) is 0 Å². The van der Waals surface area contributed by atoms with E-state index in [1.54, 1.807) is 48.5 Å². The minimum Gasteiger partial charge on any atom is -0.354 e. The Morgan fingerprint density at radius 2 is 1.48 bits per heavy atom. The number of sulfonamides is 1. The number of hydrogen-bond acceptors (Lipinski definition) is 4. The van der Waals surface area contributed by atoms with Crippen molar-refractivity contribution < 1.29 is 18.0 Å². The standard InChI is InChI=1S/C35H38ClN3O4S/c1-4-22-37-35(41)33(23-28-15-7-5-8-16-28)38(24-29-17-11-12-20-31(29)36)34(40)25-39(32-21-13-14-26(2)27(32)3)44(42,43)30-18-9-6-10-19-30/h5-21,33H,4,22-25H2,1-3H3,(H,37,41)/t33-/m0/s1. The molecule has 7 nitrogen and oxygen atoms in total. The Morgan fingerprint density at radius 1 is 0.841 bits per heavy atom. The molecule has 230 valence electrons. The number of nitrogens with one attached hydrogen (secondary N) is 1. The largest absolute Gasteiger partial charge is 0.354 e. The molecule has 0 saturated heterocycles. The summed E-state index contributed by atoms with van der Waals surface area (Å²) in [4.78, 5) is 29.8. The number of halogens is 1. The van der Waals surface area contributed by atoms with Gasteiger partial charge in [-0.25, -0.2) is 8.42 Å². The number of nitrogens with zero attached hydrogens (tertiary/aromatic N) is 2. The van der Waals surface area contributed by atoms with Crippen molar-refractivity contribution in [3.63, 3.8) is 0 Å². The quantitative estimate of drug-likeness (QED) is 0.187. The van der Waals surface area contributed by atoms with E-state index < -0.39 is 28.5 Å². The molecule has 4 aromatic rings. The van der Waals surface area contributed by atoms with Crippen LogP contribution in [0.3, 0.4) is 0 Å². The number of hydrogen-bond donors (Lipinski definition) is 1. The van der Waals surface area contributed by atoms with Crippen molar-refractivity contribution in [2.45, 2.75) is 51.1 Å². The van der Waals surface area contributed by atoms with Gasteiger partial charge in [-0.2, -0.15) is 0 Å². The lowest BCUT2D eigenvalue weighted by molar-refractivity contribution is -0.140. The second-order valence-electron chi connectivity index (χ2n) is 10.7. The summed E-state index contributed by atoms with van der Waals surface area (Å²) in [5.74, 6) is -0.849. The van der Waals surface area contributed by atoms with Crippen LogP contribution in [0.1, 0.15) is 35.6 Å². The lowest BCUT2D eigenvalue weighted by atomic mass is 10.0. The molecule has 0 aliphatic carbocycles. The van der Waals surface area contributed by atoms with Gasteiger partial charge in [-0.05, 0) is 66.8 Å². The number of rotatable bonds is 13. The van der Waals surface area contributed by atoms with E-state index >= 15 is 0 Å². The summed E-state index contributed by atoms with van der Waals surface area (Å²) in [6, 6.07) is 29.1. The van der Waals surface area contributed by atoms with Gasteiger partial charge in [0.05, 0.1) is 10.6 Å². The molecular formula is C35H38ClN3O4S. The first-order valence-electron chi connectivity index (χ1n) is 14.6. The number of carbonyl (C=O) groups excluding carboxylic acids is 2. The Balaban J connectivity index is 1.83. The number of anilines is 1. The highest BCUT2D eigenvalue weighted by atomic mass is 35.5. The normalized spacial score (nSPS) is 11.9. The second kappa shape index (κ2) is 15.0. The van der Waals surface area contributed by atoms with Crippen LogP contribution < -0.4 is 9.62 Å². The molecule has 0 fully saturated rings. The molecule has 44 heavy (non-hydrogen) atoms. The van der Waals surface area contributed by atoms with Crippen LogP contribution in [0, 0.1) is 13.8 Å². The van der Waals surface area contributed by atoms with Crippen molar-refractivity contribution in [3.05, 3.63) is 130 Å². The van der Waals surface area contributed by atoms with Crippen LogP contribution in [0.5, 0.6) is 0 Å². The zero-order chi connectivity index (χ0) is 31.7. The van der Waals surface area contributed by atoms with E-state index in [1.807, 2.05) is 63.2 Å². The van der Waals surface area contributed by atoms with Gasteiger partial charge in [-0.3, -0.25) is 13.9 Å². The van der Waals surface area contributed by atoms with Crippen LogP contribution in [0.4, 0.5) is 5.69 Å². The molecule has 4 aromatic carbocycles. The Kier molecular flexibility index (Phi) is 11.2. The van der Waals surface area contributed by atoms with Crippen molar-refractivity contribution in [1.29, 1.82) is 0 Å². The summed E-state index contributed by atoms with van der Waals surface area (Å²) in [6.45, 7) is 5.62. The molecule has 1 N–H and O–H groups in total. The predicted molar refractivity (Wildman–Crippen MR) is 176 cm³/mol. The van der Waals surface area contributed by atoms with Gasteiger partial charge < -0.3 is 10.2 Å². The van der Waals surface area contributed by atoms with Gasteiger partial charge >= 0.3 is 0 Å². The molecule has 4 rings (SSSR count). The molecule has 0 aliphatic heterocycles. The zero-order valence-electron chi connectivity index (χ0n) is 25.2. The summed E-state index contributed by atoms with van der Waals surface area (Å²) >= 11 is 6.55. The monoisotopic (exact) mass is 631 g/mol. The van der Waals surface area contributed by atoms with Crippen molar-refractivity contribution in [1.82, 2.24) is 10.2 Å². The van der Waals surface area contributed by atoms with Crippen LogP contribution in [-0.4, -0.2) is 44.3 Å². The van der Waals surface area contributed by atoms with E-state index in [0.717, 1.165) is 27.4 Å². The lowest BCUT2D eigenvalue weighted by Crippen LogP contribution is -2.53. The third kappa shape index (κ3) is 7.87. The molecular weight excluding hydrogens is 594 g/mol.